The number of aryl methyl sites for hydroxylation is 3. The van der Waals surface area contributed by atoms with Crippen molar-refractivity contribution in [3.8, 4) is 6.07 Å². The van der Waals surface area contributed by atoms with Gasteiger partial charge in [-0.1, -0.05) is 22.8 Å². The minimum Gasteiger partial charge on any atom is -0.358 e. The molecule has 0 aliphatic heterocycles. The van der Waals surface area contributed by atoms with Crippen LogP contribution < -0.4 is 4.72 Å². The van der Waals surface area contributed by atoms with Crippen LogP contribution in [0.25, 0.3) is 0 Å². The Morgan fingerprint density at radius 1 is 1.32 bits per heavy atom. The van der Waals surface area contributed by atoms with Crippen molar-refractivity contribution in [1.29, 1.82) is 5.26 Å². The van der Waals surface area contributed by atoms with Gasteiger partial charge in [-0.3, -0.25) is 4.79 Å². The van der Waals surface area contributed by atoms with Crippen LogP contribution in [0, 0.1) is 39.0 Å². The monoisotopic (exact) mass is 477 g/mol. The molecule has 162 valence electrons. The number of aromatic nitrogens is 1. The maximum Gasteiger partial charge on any atom is 0.264 e. The normalized spacial score (nSPS) is 12.4. The molecule has 31 heavy (non-hydrogen) atoms. The summed E-state index contributed by atoms with van der Waals surface area (Å²) >= 11 is 7.57. The topological polar surface area (TPSA) is 113 Å². The number of halogens is 1. The number of rotatable bonds is 6. The summed E-state index contributed by atoms with van der Waals surface area (Å²) in [7, 11) is -4.08. The molecule has 1 N–H and O–H groups in total. The standard InChI is InChI=1S/C21H20ClN3O4S2/c1-11-9-12(2)17(13(3)16(11)5-7-23)18(20-19(22)14(4)24-29-20)21(26)25-31(27,28)15-6-8-30-10-15/h6,8-10,18H,5H2,1-4H3,(H,25,26). The summed E-state index contributed by atoms with van der Waals surface area (Å²) in [5.41, 5.74) is 4.05. The summed E-state index contributed by atoms with van der Waals surface area (Å²) in [6.07, 6.45) is 0.148. The van der Waals surface area contributed by atoms with Crippen molar-refractivity contribution in [3.05, 3.63) is 67.2 Å². The molecule has 0 spiro atoms. The van der Waals surface area contributed by atoms with Crippen molar-refractivity contribution < 1.29 is 17.7 Å². The zero-order valence-corrected chi connectivity index (χ0v) is 19.7. The molecule has 1 atom stereocenters. The molecule has 0 aliphatic carbocycles. The van der Waals surface area contributed by atoms with E-state index in [2.05, 4.69) is 15.9 Å². The minimum atomic E-state index is -4.08. The first kappa shape index (κ1) is 23.0. The van der Waals surface area contributed by atoms with E-state index in [1.165, 1.54) is 22.8 Å². The first-order valence-electron chi connectivity index (χ1n) is 9.25. The third kappa shape index (κ3) is 4.37. The van der Waals surface area contributed by atoms with E-state index >= 15 is 0 Å². The van der Waals surface area contributed by atoms with Gasteiger partial charge in [-0.2, -0.15) is 16.6 Å². The number of amides is 1. The predicted molar refractivity (Wildman–Crippen MR) is 118 cm³/mol. The number of carbonyl (C=O) groups excluding carboxylic acids is 1. The molecule has 0 fully saturated rings. The Labute approximate surface area is 189 Å². The smallest absolute Gasteiger partial charge is 0.264 e. The summed E-state index contributed by atoms with van der Waals surface area (Å²) in [6.45, 7) is 7.13. The Morgan fingerprint density at radius 3 is 2.58 bits per heavy atom. The maximum atomic E-state index is 13.4. The fraction of sp³-hybridized carbons (Fsp3) is 0.286. The van der Waals surface area contributed by atoms with Crippen LogP contribution in [0.1, 0.15) is 45.2 Å². The van der Waals surface area contributed by atoms with Crippen LogP contribution in [0.5, 0.6) is 0 Å². The minimum absolute atomic E-state index is 0.00744. The molecule has 0 radical (unpaired) electrons. The fourth-order valence-corrected chi connectivity index (χ4v) is 5.83. The van der Waals surface area contributed by atoms with Crippen LogP contribution in [-0.2, 0) is 21.2 Å². The SMILES string of the molecule is Cc1cc(C)c(C(C(=O)NS(=O)(=O)c2ccsc2)c2onc(C)c2Cl)c(C)c1CC#N. The Balaban J connectivity index is 2.20. The van der Waals surface area contributed by atoms with Crippen molar-refractivity contribution >= 4 is 38.9 Å². The molecule has 0 saturated carbocycles. The highest BCUT2D eigenvalue weighted by Gasteiger charge is 2.35. The van der Waals surface area contributed by atoms with Crippen molar-refractivity contribution in [1.82, 2.24) is 9.88 Å². The van der Waals surface area contributed by atoms with Gasteiger partial charge < -0.3 is 4.52 Å². The second-order valence-corrected chi connectivity index (χ2v) is 10.0. The number of carbonyl (C=O) groups is 1. The Kier molecular flexibility index (Phi) is 6.55. The number of nitrogens with zero attached hydrogens (tertiary/aromatic N) is 2. The van der Waals surface area contributed by atoms with Gasteiger partial charge >= 0.3 is 0 Å². The zero-order valence-electron chi connectivity index (χ0n) is 17.3. The maximum absolute atomic E-state index is 13.4. The van der Waals surface area contributed by atoms with Crippen LogP contribution >= 0.6 is 22.9 Å². The van der Waals surface area contributed by atoms with Gasteiger partial charge in [-0.15, -0.1) is 0 Å². The van der Waals surface area contributed by atoms with Gasteiger partial charge in [0.15, 0.2) is 5.76 Å². The number of hydrogen-bond acceptors (Lipinski definition) is 7. The number of sulfonamides is 1. The van der Waals surface area contributed by atoms with Crippen LogP contribution in [0.2, 0.25) is 5.02 Å². The molecule has 0 saturated heterocycles. The van der Waals surface area contributed by atoms with Gasteiger partial charge in [0, 0.05) is 5.38 Å². The van der Waals surface area contributed by atoms with E-state index in [4.69, 9.17) is 16.1 Å². The molecule has 2 heterocycles. The van der Waals surface area contributed by atoms with E-state index in [-0.39, 0.29) is 22.1 Å². The number of hydrogen-bond donors (Lipinski definition) is 1. The van der Waals surface area contributed by atoms with Gasteiger partial charge in [0.1, 0.15) is 10.9 Å². The van der Waals surface area contributed by atoms with Gasteiger partial charge in [0.25, 0.3) is 10.0 Å². The Hall–Kier alpha value is -2.67. The van der Waals surface area contributed by atoms with E-state index in [9.17, 15) is 18.5 Å². The van der Waals surface area contributed by atoms with Gasteiger partial charge in [0.05, 0.1) is 23.1 Å². The quantitative estimate of drug-likeness (QED) is 0.565. The summed E-state index contributed by atoms with van der Waals surface area (Å²) < 4.78 is 32.9. The summed E-state index contributed by atoms with van der Waals surface area (Å²) in [5, 5.41) is 16.3. The molecule has 3 aromatic rings. The van der Waals surface area contributed by atoms with E-state index < -0.39 is 21.8 Å². The largest absolute Gasteiger partial charge is 0.358 e. The average molecular weight is 478 g/mol. The first-order chi connectivity index (χ1) is 14.6. The lowest BCUT2D eigenvalue weighted by atomic mass is 9.83. The summed E-state index contributed by atoms with van der Waals surface area (Å²) in [5.74, 6) is -1.93. The highest BCUT2D eigenvalue weighted by molar-refractivity contribution is 7.90. The predicted octanol–water partition coefficient (Wildman–Crippen LogP) is 4.33. The molecule has 1 aromatic carbocycles. The average Bonchev–Trinajstić information content (AvgIpc) is 3.34. The van der Waals surface area contributed by atoms with Crippen molar-refractivity contribution in [3.63, 3.8) is 0 Å². The number of benzene rings is 1. The van der Waals surface area contributed by atoms with Crippen LogP contribution in [0.4, 0.5) is 0 Å². The van der Waals surface area contributed by atoms with Gasteiger partial charge in [0.2, 0.25) is 5.91 Å². The van der Waals surface area contributed by atoms with Crippen LogP contribution in [-0.4, -0.2) is 19.5 Å². The molecule has 0 aliphatic rings. The number of thiophene rings is 1. The first-order valence-corrected chi connectivity index (χ1v) is 12.1. The van der Waals surface area contributed by atoms with Gasteiger partial charge in [-0.25, -0.2) is 13.1 Å². The fourth-order valence-electron chi connectivity index (χ4n) is 3.63. The molecule has 10 heteroatoms. The molecule has 3 rings (SSSR count). The molecule has 0 bridgehead atoms. The van der Waals surface area contributed by atoms with E-state index in [0.29, 0.717) is 16.8 Å². The molecule has 1 amide bonds. The number of nitrogens with one attached hydrogen (secondary N) is 1. The molecule has 7 nitrogen and oxygen atoms in total. The van der Waals surface area contributed by atoms with Crippen molar-refractivity contribution in [2.75, 3.05) is 0 Å². The molecular weight excluding hydrogens is 458 g/mol. The Bertz CT molecular complexity index is 1290. The highest BCUT2D eigenvalue weighted by atomic mass is 35.5. The lowest BCUT2D eigenvalue weighted by molar-refractivity contribution is -0.120. The Morgan fingerprint density at radius 2 is 2.03 bits per heavy atom. The molecule has 1 unspecified atom stereocenters. The van der Waals surface area contributed by atoms with E-state index in [0.717, 1.165) is 16.7 Å². The van der Waals surface area contributed by atoms with Crippen molar-refractivity contribution in [2.24, 2.45) is 0 Å². The lowest BCUT2D eigenvalue weighted by Gasteiger charge is -2.22. The van der Waals surface area contributed by atoms with Crippen LogP contribution in [0.15, 0.2) is 32.3 Å². The second-order valence-electron chi connectivity index (χ2n) is 7.17. The van der Waals surface area contributed by atoms with Crippen LogP contribution in [0.3, 0.4) is 0 Å². The molecule has 2 aromatic heterocycles. The zero-order chi connectivity index (χ0) is 22.9. The lowest BCUT2D eigenvalue weighted by Crippen LogP contribution is -2.35. The van der Waals surface area contributed by atoms with E-state index in [1.807, 2.05) is 19.9 Å². The summed E-state index contributed by atoms with van der Waals surface area (Å²) in [6, 6.07) is 5.41. The van der Waals surface area contributed by atoms with Crippen molar-refractivity contribution in [2.45, 2.75) is 44.9 Å². The van der Waals surface area contributed by atoms with E-state index in [1.54, 1.807) is 19.2 Å². The van der Waals surface area contributed by atoms with Gasteiger partial charge in [-0.05, 0) is 67.0 Å². The second kappa shape index (κ2) is 8.83. The molecular formula is C21H20ClN3O4S2. The number of nitriles is 1. The third-order valence-electron chi connectivity index (χ3n) is 5.11. The summed E-state index contributed by atoms with van der Waals surface area (Å²) in [4.78, 5) is 13.4. The highest BCUT2D eigenvalue weighted by Crippen LogP contribution is 2.38. The third-order valence-corrected chi connectivity index (χ3v) is 7.75.